The summed E-state index contributed by atoms with van der Waals surface area (Å²) in [6, 6.07) is 0.213. The maximum Gasteiger partial charge on any atom is 0.305 e. The zero-order chi connectivity index (χ0) is 14.3. The average molecular weight is 267 g/mol. The van der Waals surface area contributed by atoms with Gasteiger partial charge >= 0.3 is 5.97 Å². The summed E-state index contributed by atoms with van der Waals surface area (Å²) in [4.78, 5) is 24.8. The number of allylic oxidation sites excluding steroid dienone is 1. The van der Waals surface area contributed by atoms with Crippen molar-refractivity contribution >= 4 is 11.9 Å². The molecule has 1 aliphatic rings. The van der Waals surface area contributed by atoms with Gasteiger partial charge in [0.05, 0.1) is 6.42 Å². The highest BCUT2D eigenvalue weighted by Gasteiger charge is 2.23. The maximum absolute atomic E-state index is 12.2. The highest BCUT2D eigenvalue weighted by molar-refractivity contribution is 5.88. The molecule has 1 aliphatic carbocycles. The Balaban J connectivity index is 2.74. The van der Waals surface area contributed by atoms with E-state index in [4.69, 9.17) is 5.11 Å². The molecule has 1 N–H and O–H groups in total. The lowest BCUT2D eigenvalue weighted by Crippen LogP contribution is -2.40. The number of carboxylic acids is 1. The first-order chi connectivity index (χ1) is 9.00. The van der Waals surface area contributed by atoms with Gasteiger partial charge in [0.2, 0.25) is 5.91 Å². The van der Waals surface area contributed by atoms with Crippen LogP contribution >= 0.6 is 0 Å². The molecule has 0 heterocycles. The maximum atomic E-state index is 12.2. The number of nitrogens with zero attached hydrogens (tertiary/aromatic N) is 1. The Morgan fingerprint density at radius 1 is 1.16 bits per heavy atom. The molecule has 0 spiro atoms. The zero-order valence-electron chi connectivity index (χ0n) is 12.0. The Bertz CT molecular complexity index is 337. The average Bonchev–Trinajstić information content (AvgIpc) is 2.56. The molecule has 1 saturated carbocycles. The summed E-state index contributed by atoms with van der Waals surface area (Å²) in [5, 5.41) is 8.83. The van der Waals surface area contributed by atoms with E-state index in [1.807, 2.05) is 13.8 Å². The second-order valence-corrected chi connectivity index (χ2v) is 5.54. The van der Waals surface area contributed by atoms with Crippen molar-refractivity contribution in [1.29, 1.82) is 0 Å². The van der Waals surface area contributed by atoms with Crippen molar-refractivity contribution in [2.75, 3.05) is 6.54 Å². The number of carbonyl (C=O) groups excluding carboxylic acids is 1. The van der Waals surface area contributed by atoms with Crippen LogP contribution in [0.25, 0.3) is 0 Å². The normalized spacial score (nSPS) is 16.5. The molecule has 0 saturated heterocycles. The van der Waals surface area contributed by atoms with Crippen LogP contribution in [0.3, 0.4) is 0 Å². The van der Waals surface area contributed by atoms with E-state index in [9.17, 15) is 9.59 Å². The first-order valence-corrected chi connectivity index (χ1v) is 7.18. The Kier molecular flexibility index (Phi) is 6.60. The van der Waals surface area contributed by atoms with Crippen LogP contribution in [0, 0.1) is 0 Å². The lowest BCUT2D eigenvalue weighted by Gasteiger charge is -2.30. The van der Waals surface area contributed by atoms with Crippen molar-refractivity contribution in [2.24, 2.45) is 0 Å². The van der Waals surface area contributed by atoms with Crippen molar-refractivity contribution < 1.29 is 14.7 Å². The van der Waals surface area contributed by atoms with Crippen LogP contribution in [0.4, 0.5) is 0 Å². The SMILES string of the molecule is CC(C)=CC(=O)N(CCC(=O)O)C1CCCCCC1. The Morgan fingerprint density at radius 3 is 2.21 bits per heavy atom. The van der Waals surface area contributed by atoms with Gasteiger partial charge in [-0.3, -0.25) is 9.59 Å². The number of hydrogen-bond donors (Lipinski definition) is 1. The molecule has 19 heavy (non-hydrogen) atoms. The molecule has 108 valence electrons. The van der Waals surface area contributed by atoms with Gasteiger partial charge in [-0.1, -0.05) is 31.3 Å². The number of aliphatic carboxylic acids is 1. The van der Waals surface area contributed by atoms with Gasteiger partial charge in [0, 0.05) is 18.7 Å². The predicted molar refractivity (Wildman–Crippen MR) is 74.9 cm³/mol. The number of carboxylic acid groups (broad SMARTS) is 1. The van der Waals surface area contributed by atoms with Crippen LogP contribution in [0.1, 0.15) is 58.8 Å². The van der Waals surface area contributed by atoms with Gasteiger partial charge in [-0.15, -0.1) is 0 Å². The van der Waals surface area contributed by atoms with E-state index in [-0.39, 0.29) is 18.4 Å². The van der Waals surface area contributed by atoms with Gasteiger partial charge in [0.15, 0.2) is 0 Å². The summed E-state index contributed by atoms with van der Waals surface area (Å²) >= 11 is 0. The number of rotatable bonds is 5. The number of hydrogen-bond acceptors (Lipinski definition) is 2. The van der Waals surface area contributed by atoms with E-state index in [1.54, 1.807) is 11.0 Å². The summed E-state index contributed by atoms with van der Waals surface area (Å²) in [7, 11) is 0. The summed E-state index contributed by atoms with van der Waals surface area (Å²) < 4.78 is 0. The third kappa shape index (κ3) is 5.90. The van der Waals surface area contributed by atoms with E-state index < -0.39 is 5.97 Å². The van der Waals surface area contributed by atoms with Gasteiger partial charge in [0.25, 0.3) is 0 Å². The molecule has 0 atom stereocenters. The van der Waals surface area contributed by atoms with Gasteiger partial charge in [0.1, 0.15) is 0 Å². The van der Waals surface area contributed by atoms with E-state index >= 15 is 0 Å². The first-order valence-electron chi connectivity index (χ1n) is 7.18. The van der Waals surface area contributed by atoms with Crippen LogP contribution in [0.15, 0.2) is 11.6 Å². The van der Waals surface area contributed by atoms with Crippen molar-refractivity contribution in [3.8, 4) is 0 Å². The molecule has 0 bridgehead atoms. The predicted octanol–water partition coefficient (Wildman–Crippen LogP) is 2.98. The van der Waals surface area contributed by atoms with Crippen LogP contribution in [-0.4, -0.2) is 34.5 Å². The number of amides is 1. The van der Waals surface area contributed by atoms with Gasteiger partial charge in [-0.2, -0.15) is 0 Å². The van der Waals surface area contributed by atoms with Crippen molar-refractivity contribution in [2.45, 2.75) is 64.8 Å². The molecule has 0 radical (unpaired) electrons. The highest BCUT2D eigenvalue weighted by Crippen LogP contribution is 2.22. The van der Waals surface area contributed by atoms with Crippen LogP contribution in [0.5, 0.6) is 0 Å². The molecule has 0 aromatic carbocycles. The Morgan fingerprint density at radius 2 is 1.74 bits per heavy atom. The van der Waals surface area contributed by atoms with E-state index in [0.29, 0.717) is 6.54 Å². The van der Waals surface area contributed by atoms with E-state index in [2.05, 4.69) is 0 Å². The molecule has 0 unspecified atom stereocenters. The number of carbonyl (C=O) groups is 2. The van der Waals surface area contributed by atoms with E-state index in [1.165, 1.54) is 12.8 Å². The fraction of sp³-hybridized carbons (Fsp3) is 0.733. The monoisotopic (exact) mass is 267 g/mol. The van der Waals surface area contributed by atoms with Crippen LogP contribution < -0.4 is 0 Å². The first kappa shape index (κ1) is 15.7. The van der Waals surface area contributed by atoms with Gasteiger partial charge in [-0.25, -0.2) is 0 Å². The topological polar surface area (TPSA) is 57.6 Å². The van der Waals surface area contributed by atoms with Gasteiger partial charge in [-0.05, 0) is 26.7 Å². The molecular formula is C15H25NO3. The fourth-order valence-corrected chi connectivity index (χ4v) is 2.59. The summed E-state index contributed by atoms with van der Waals surface area (Å²) in [6.07, 6.45) is 8.36. The molecule has 0 aromatic heterocycles. The Labute approximate surface area is 115 Å². The van der Waals surface area contributed by atoms with Crippen molar-refractivity contribution in [3.05, 3.63) is 11.6 Å². The molecule has 0 aromatic rings. The molecule has 4 nitrogen and oxygen atoms in total. The third-order valence-corrected chi connectivity index (χ3v) is 3.53. The quantitative estimate of drug-likeness (QED) is 0.615. The third-order valence-electron chi connectivity index (χ3n) is 3.53. The molecule has 1 amide bonds. The molecule has 4 heteroatoms. The molecule has 1 rings (SSSR count). The standard InChI is InChI=1S/C15H25NO3/c1-12(2)11-14(17)16(10-9-15(18)19)13-7-5-3-4-6-8-13/h11,13H,3-10H2,1-2H3,(H,18,19). The van der Waals surface area contributed by atoms with Gasteiger partial charge < -0.3 is 10.0 Å². The minimum absolute atomic E-state index is 0.0266. The van der Waals surface area contributed by atoms with Crippen molar-refractivity contribution in [3.63, 3.8) is 0 Å². The summed E-state index contributed by atoms with van der Waals surface area (Å²) in [5.41, 5.74) is 0.957. The Hall–Kier alpha value is -1.32. The second-order valence-electron chi connectivity index (χ2n) is 5.54. The lowest BCUT2D eigenvalue weighted by molar-refractivity contribution is -0.138. The molecular weight excluding hydrogens is 242 g/mol. The largest absolute Gasteiger partial charge is 0.481 e. The fourth-order valence-electron chi connectivity index (χ4n) is 2.59. The lowest BCUT2D eigenvalue weighted by atomic mass is 10.1. The summed E-state index contributed by atoms with van der Waals surface area (Å²) in [5.74, 6) is -0.878. The van der Waals surface area contributed by atoms with Crippen molar-refractivity contribution in [1.82, 2.24) is 4.90 Å². The smallest absolute Gasteiger partial charge is 0.305 e. The highest BCUT2D eigenvalue weighted by atomic mass is 16.4. The minimum atomic E-state index is -0.844. The minimum Gasteiger partial charge on any atom is -0.481 e. The zero-order valence-corrected chi connectivity index (χ0v) is 12.0. The van der Waals surface area contributed by atoms with Crippen LogP contribution in [-0.2, 0) is 9.59 Å². The molecule has 1 fully saturated rings. The molecule has 0 aliphatic heterocycles. The van der Waals surface area contributed by atoms with Crippen LogP contribution in [0.2, 0.25) is 0 Å². The second kappa shape index (κ2) is 7.97. The summed E-state index contributed by atoms with van der Waals surface area (Å²) in [6.45, 7) is 4.10. The van der Waals surface area contributed by atoms with E-state index in [0.717, 1.165) is 31.3 Å².